The minimum absolute atomic E-state index is 0.000170. The Morgan fingerprint density at radius 1 is 1.26 bits per heavy atom. The average Bonchev–Trinajstić information content (AvgIpc) is 2.36. The lowest BCUT2D eigenvalue weighted by Gasteiger charge is -2.27. The minimum atomic E-state index is 0.000170. The molecule has 106 valence electrons. The molecule has 0 saturated carbocycles. The number of aliphatic hydroxyl groups excluding tert-OH is 1. The third-order valence-corrected chi connectivity index (χ3v) is 3.27. The van der Waals surface area contributed by atoms with Gasteiger partial charge in [-0.15, -0.1) is 0 Å². The molecule has 0 bridgehead atoms. The average molecular weight is 264 g/mol. The van der Waals surface area contributed by atoms with Crippen LogP contribution >= 0.6 is 0 Å². The molecule has 0 aliphatic heterocycles. The highest BCUT2D eigenvalue weighted by Crippen LogP contribution is 2.21. The predicted molar refractivity (Wildman–Crippen MR) is 77.8 cm³/mol. The molecule has 1 aromatic rings. The van der Waals surface area contributed by atoms with E-state index >= 15 is 0 Å². The van der Waals surface area contributed by atoms with Crippen LogP contribution in [-0.4, -0.2) is 35.1 Å². The summed E-state index contributed by atoms with van der Waals surface area (Å²) in [4.78, 5) is 13.9. The van der Waals surface area contributed by atoms with E-state index < -0.39 is 0 Å². The van der Waals surface area contributed by atoms with Gasteiger partial charge in [0.05, 0.1) is 6.61 Å². The minimum Gasteiger partial charge on any atom is -0.399 e. The first kappa shape index (κ1) is 15.5. The first-order valence-electron chi connectivity index (χ1n) is 6.71. The molecule has 0 spiro atoms. The van der Waals surface area contributed by atoms with Crippen LogP contribution in [-0.2, 0) is 4.79 Å². The lowest BCUT2D eigenvalue weighted by Crippen LogP contribution is -2.39. The van der Waals surface area contributed by atoms with Crippen LogP contribution in [0.5, 0.6) is 0 Å². The van der Waals surface area contributed by atoms with Gasteiger partial charge in [0, 0.05) is 24.7 Å². The Kier molecular flexibility index (Phi) is 5.83. The maximum Gasteiger partial charge on any atom is 0.223 e. The largest absolute Gasteiger partial charge is 0.399 e. The van der Waals surface area contributed by atoms with Crippen molar-refractivity contribution in [2.45, 2.75) is 39.2 Å². The number of hydrogen-bond acceptors (Lipinski definition) is 3. The van der Waals surface area contributed by atoms with Gasteiger partial charge in [-0.1, -0.05) is 19.1 Å². The molecule has 1 amide bonds. The van der Waals surface area contributed by atoms with Crippen molar-refractivity contribution in [3.05, 3.63) is 29.8 Å². The summed E-state index contributed by atoms with van der Waals surface area (Å²) in [5.74, 6) is 0.224. The first-order valence-corrected chi connectivity index (χ1v) is 6.71. The Balaban J connectivity index is 2.67. The molecular weight excluding hydrogens is 240 g/mol. The number of carbonyl (C=O) groups is 1. The quantitative estimate of drug-likeness (QED) is 0.772. The van der Waals surface area contributed by atoms with Crippen LogP contribution in [0.1, 0.15) is 38.7 Å². The summed E-state index contributed by atoms with van der Waals surface area (Å²) < 4.78 is 0. The Morgan fingerprint density at radius 3 is 2.32 bits per heavy atom. The molecule has 0 saturated heterocycles. The summed E-state index contributed by atoms with van der Waals surface area (Å²) in [6.07, 6.45) is 0.447. The number of rotatable bonds is 6. The fraction of sp³-hybridized carbons (Fsp3) is 0.533. The summed E-state index contributed by atoms with van der Waals surface area (Å²) in [6, 6.07) is 7.73. The van der Waals surface area contributed by atoms with Crippen molar-refractivity contribution in [3.63, 3.8) is 0 Å². The molecule has 19 heavy (non-hydrogen) atoms. The molecule has 0 aliphatic carbocycles. The van der Waals surface area contributed by atoms with Gasteiger partial charge in [-0.3, -0.25) is 4.79 Å². The van der Waals surface area contributed by atoms with E-state index in [1.807, 2.05) is 45.0 Å². The van der Waals surface area contributed by atoms with Gasteiger partial charge in [0.25, 0.3) is 0 Å². The number of benzene rings is 1. The molecule has 0 aliphatic rings. The number of nitrogens with zero attached hydrogens (tertiary/aromatic N) is 1. The number of hydrogen-bond donors (Lipinski definition) is 2. The van der Waals surface area contributed by atoms with Crippen LogP contribution in [0.4, 0.5) is 5.69 Å². The highest BCUT2D eigenvalue weighted by atomic mass is 16.3. The molecule has 1 aromatic carbocycles. The summed E-state index contributed by atoms with van der Waals surface area (Å²) in [5.41, 5.74) is 7.49. The lowest BCUT2D eigenvalue weighted by atomic mass is 9.96. The van der Waals surface area contributed by atoms with E-state index in [4.69, 9.17) is 10.8 Å². The second kappa shape index (κ2) is 7.14. The summed E-state index contributed by atoms with van der Waals surface area (Å²) in [6.45, 7) is 6.34. The zero-order valence-electron chi connectivity index (χ0n) is 12.0. The van der Waals surface area contributed by atoms with Crippen LogP contribution in [0.3, 0.4) is 0 Å². The van der Waals surface area contributed by atoms with E-state index in [-0.39, 0.29) is 24.5 Å². The topological polar surface area (TPSA) is 66.6 Å². The number of amides is 1. The van der Waals surface area contributed by atoms with Crippen molar-refractivity contribution in [2.75, 3.05) is 18.9 Å². The van der Waals surface area contributed by atoms with Crippen LogP contribution < -0.4 is 5.73 Å². The summed E-state index contributed by atoms with van der Waals surface area (Å²) in [5, 5.41) is 9.01. The van der Waals surface area contributed by atoms with Crippen molar-refractivity contribution in [1.82, 2.24) is 4.90 Å². The molecule has 0 fully saturated rings. The SMILES string of the molecule is CC(CC(=O)N(CCO)C(C)C)c1ccc(N)cc1. The van der Waals surface area contributed by atoms with Crippen molar-refractivity contribution in [3.8, 4) is 0 Å². The summed E-state index contributed by atoms with van der Waals surface area (Å²) >= 11 is 0. The van der Waals surface area contributed by atoms with Gasteiger partial charge in [0.15, 0.2) is 0 Å². The van der Waals surface area contributed by atoms with E-state index in [1.54, 1.807) is 4.90 Å². The Hall–Kier alpha value is -1.55. The Labute approximate surface area is 115 Å². The van der Waals surface area contributed by atoms with Gasteiger partial charge in [0.1, 0.15) is 0 Å². The maximum absolute atomic E-state index is 12.2. The van der Waals surface area contributed by atoms with Crippen molar-refractivity contribution in [1.29, 1.82) is 0 Å². The summed E-state index contributed by atoms with van der Waals surface area (Å²) in [7, 11) is 0. The zero-order valence-corrected chi connectivity index (χ0v) is 12.0. The van der Waals surface area contributed by atoms with Crippen LogP contribution in [0.15, 0.2) is 24.3 Å². The Morgan fingerprint density at radius 2 is 1.84 bits per heavy atom. The van der Waals surface area contributed by atoms with Crippen LogP contribution in [0, 0.1) is 0 Å². The maximum atomic E-state index is 12.2. The smallest absolute Gasteiger partial charge is 0.223 e. The van der Waals surface area contributed by atoms with E-state index in [0.717, 1.165) is 11.3 Å². The second-order valence-electron chi connectivity index (χ2n) is 5.18. The van der Waals surface area contributed by atoms with Crippen LogP contribution in [0.2, 0.25) is 0 Å². The van der Waals surface area contributed by atoms with E-state index in [9.17, 15) is 4.79 Å². The standard InChI is InChI=1S/C15H24N2O2/c1-11(2)17(8-9-18)15(19)10-12(3)13-4-6-14(16)7-5-13/h4-7,11-12,18H,8-10,16H2,1-3H3. The normalized spacial score (nSPS) is 12.5. The molecular formula is C15H24N2O2. The van der Waals surface area contributed by atoms with Crippen molar-refractivity contribution >= 4 is 11.6 Å². The molecule has 1 atom stereocenters. The monoisotopic (exact) mass is 264 g/mol. The number of nitrogen functional groups attached to an aromatic ring is 1. The predicted octanol–water partition coefficient (Wildman–Crippen LogP) is 1.99. The molecule has 1 unspecified atom stereocenters. The van der Waals surface area contributed by atoms with Crippen molar-refractivity contribution < 1.29 is 9.90 Å². The fourth-order valence-electron chi connectivity index (χ4n) is 2.10. The van der Waals surface area contributed by atoms with Gasteiger partial charge >= 0.3 is 0 Å². The van der Waals surface area contributed by atoms with Gasteiger partial charge in [0.2, 0.25) is 5.91 Å². The first-order chi connectivity index (χ1) is 8.95. The molecule has 4 heteroatoms. The van der Waals surface area contributed by atoms with Gasteiger partial charge in [-0.25, -0.2) is 0 Å². The molecule has 4 nitrogen and oxygen atoms in total. The molecule has 3 N–H and O–H groups in total. The lowest BCUT2D eigenvalue weighted by molar-refractivity contribution is -0.133. The van der Waals surface area contributed by atoms with E-state index in [0.29, 0.717) is 13.0 Å². The van der Waals surface area contributed by atoms with Gasteiger partial charge < -0.3 is 15.7 Å². The number of anilines is 1. The molecule has 0 radical (unpaired) electrons. The van der Waals surface area contributed by atoms with Gasteiger partial charge in [-0.2, -0.15) is 0 Å². The number of nitrogens with two attached hydrogens (primary N) is 1. The Bertz CT molecular complexity index is 401. The highest BCUT2D eigenvalue weighted by molar-refractivity contribution is 5.77. The third-order valence-electron chi connectivity index (χ3n) is 3.27. The molecule has 1 rings (SSSR count). The number of aliphatic hydroxyl groups is 1. The van der Waals surface area contributed by atoms with E-state index in [1.165, 1.54) is 0 Å². The number of carbonyl (C=O) groups excluding carboxylic acids is 1. The third kappa shape index (κ3) is 4.56. The van der Waals surface area contributed by atoms with E-state index in [2.05, 4.69) is 0 Å². The second-order valence-corrected chi connectivity index (χ2v) is 5.18. The van der Waals surface area contributed by atoms with Crippen LogP contribution in [0.25, 0.3) is 0 Å². The molecule has 0 aromatic heterocycles. The van der Waals surface area contributed by atoms with Gasteiger partial charge in [-0.05, 0) is 37.5 Å². The van der Waals surface area contributed by atoms with Crippen molar-refractivity contribution in [2.24, 2.45) is 0 Å². The fourth-order valence-corrected chi connectivity index (χ4v) is 2.10. The highest BCUT2D eigenvalue weighted by Gasteiger charge is 2.19. The zero-order chi connectivity index (χ0) is 14.4. The molecule has 0 heterocycles.